The van der Waals surface area contributed by atoms with Crippen LogP contribution in [0.25, 0.3) is 11.0 Å². The summed E-state index contributed by atoms with van der Waals surface area (Å²) in [6, 6.07) is 9.24. The number of fused-ring (bicyclic) bond motifs is 2. The quantitative estimate of drug-likeness (QED) is 0.0197. The zero-order valence-electron chi connectivity index (χ0n) is 44.5. The highest BCUT2D eigenvalue weighted by Crippen LogP contribution is 2.27. The summed E-state index contributed by atoms with van der Waals surface area (Å²) < 4.78 is 4.87. The largest absolute Gasteiger partial charge is 0.469 e. The standard InChI is InChI=1S/C51H78N10O18/c1-52-33(14-16-41(68)54-22-36(64)44(71)46(73)38(66)26-62)49(76)59-34(15-17-42(69)55-23-37(65)45(72)47(74)39(67)27-63)48(75)53-18-8-4-5-9-19-61-24-29-20-28(12-13-30(29)56-35(51(61)78)21-43(70)79-3)50(77)60(2)25-40-57-31-10-6-7-11-32(31)58-40/h6-7,10-13,20,33-39,44-47,52,56,62-67,71-74H,4-5,8-9,14-19,21-27H2,1-3H3,(H,53,75)(H,54,68)(H,55,69)(H,57,58)(H,59,76)/t33-,34-,35-,36-,37-,38+,39+,44+,45+,46+,47+/m0/s1. The Kier molecular flexibility index (Phi) is 26.8. The summed E-state index contributed by atoms with van der Waals surface area (Å²) in [6.07, 6.45) is -14.0. The number of imidazole rings is 1. The third kappa shape index (κ3) is 20.0. The molecule has 11 atom stereocenters. The van der Waals surface area contributed by atoms with E-state index in [1.54, 1.807) is 30.1 Å². The molecule has 79 heavy (non-hydrogen) atoms. The number of para-hydroxylation sites is 2. The molecule has 17 N–H and O–H groups in total. The lowest BCUT2D eigenvalue weighted by molar-refractivity contribution is -0.144. The smallest absolute Gasteiger partial charge is 0.308 e. The van der Waals surface area contributed by atoms with Crippen molar-refractivity contribution in [2.24, 2.45) is 0 Å². The van der Waals surface area contributed by atoms with E-state index < -0.39 is 129 Å². The second-order valence-corrected chi connectivity index (χ2v) is 19.4. The van der Waals surface area contributed by atoms with Gasteiger partial charge in [0.2, 0.25) is 29.5 Å². The first-order chi connectivity index (χ1) is 37.6. The molecule has 440 valence electrons. The van der Waals surface area contributed by atoms with Gasteiger partial charge in [0, 0.05) is 63.9 Å². The van der Waals surface area contributed by atoms with Gasteiger partial charge in [-0.3, -0.25) is 33.6 Å². The first kappa shape index (κ1) is 65.1. The van der Waals surface area contributed by atoms with Crippen molar-refractivity contribution < 1.29 is 89.4 Å². The molecule has 0 aliphatic carbocycles. The van der Waals surface area contributed by atoms with Crippen LogP contribution < -0.4 is 31.9 Å². The molecule has 0 spiro atoms. The molecule has 4 rings (SSSR count). The number of aromatic nitrogens is 2. The van der Waals surface area contributed by atoms with E-state index in [1.165, 1.54) is 19.1 Å². The van der Waals surface area contributed by atoms with Crippen molar-refractivity contribution in [2.75, 3.05) is 65.9 Å². The average molecular weight is 1120 g/mol. The van der Waals surface area contributed by atoms with Crippen LogP contribution >= 0.6 is 0 Å². The van der Waals surface area contributed by atoms with E-state index in [4.69, 9.17) is 14.9 Å². The van der Waals surface area contributed by atoms with Gasteiger partial charge in [0.1, 0.15) is 54.5 Å². The van der Waals surface area contributed by atoms with Crippen molar-refractivity contribution in [3.63, 3.8) is 0 Å². The second kappa shape index (κ2) is 32.6. The van der Waals surface area contributed by atoms with Gasteiger partial charge in [0.05, 0.1) is 62.6 Å². The number of hydrogen-bond donors (Lipinski definition) is 17. The zero-order chi connectivity index (χ0) is 58.3. The van der Waals surface area contributed by atoms with Gasteiger partial charge in [-0.05, 0) is 68.6 Å². The zero-order valence-corrected chi connectivity index (χ0v) is 44.5. The summed E-state index contributed by atoms with van der Waals surface area (Å²) in [6.45, 7) is -2.21. The topological polar surface area (TPSA) is 438 Å². The Balaban J connectivity index is 1.34. The highest BCUT2D eigenvalue weighted by atomic mass is 16.5. The Morgan fingerprint density at radius 2 is 1.34 bits per heavy atom. The maximum absolute atomic E-state index is 13.9. The molecule has 0 saturated carbocycles. The van der Waals surface area contributed by atoms with Crippen molar-refractivity contribution in [3.05, 3.63) is 59.4 Å². The van der Waals surface area contributed by atoms with Gasteiger partial charge < -0.3 is 102 Å². The van der Waals surface area contributed by atoms with E-state index in [0.29, 0.717) is 48.3 Å². The van der Waals surface area contributed by atoms with Gasteiger partial charge in [0.25, 0.3) is 5.91 Å². The van der Waals surface area contributed by atoms with E-state index in [9.17, 15) is 74.4 Å². The van der Waals surface area contributed by atoms with Gasteiger partial charge in [0.15, 0.2) is 0 Å². The summed E-state index contributed by atoms with van der Waals surface area (Å²) in [4.78, 5) is 104. The lowest BCUT2D eigenvalue weighted by Gasteiger charge is -2.26. The fourth-order valence-corrected chi connectivity index (χ4v) is 8.52. The SMILES string of the molecule is CN[C@@H](CCC(=O)NC[C@H](O)[C@@H](O)[C@H](O)[C@H](O)CO)C(=O)N[C@@H](CCC(=O)NC[C@H](O)[C@@H](O)[C@H](O)[C@H](O)CO)C(=O)NCCCCCCN1Cc2cc(C(=O)N(C)Cc3nc4ccccc4[nH]3)ccc2N[C@@H](CC(=O)OC)C1=O. The summed E-state index contributed by atoms with van der Waals surface area (Å²) in [5.41, 5.74) is 3.24. The first-order valence-corrected chi connectivity index (χ1v) is 26.0. The third-order valence-corrected chi connectivity index (χ3v) is 13.4. The number of carbonyl (C=O) groups excluding carboxylic acids is 7. The monoisotopic (exact) mass is 1120 g/mol. The maximum atomic E-state index is 13.9. The lowest BCUT2D eigenvalue weighted by atomic mass is 10.0. The van der Waals surface area contributed by atoms with Gasteiger partial charge in [-0.25, -0.2) is 4.98 Å². The van der Waals surface area contributed by atoms with Crippen molar-refractivity contribution in [3.8, 4) is 0 Å². The number of esters is 1. The van der Waals surface area contributed by atoms with Crippen LogP contribution in [0, 0.1) is 0 Å². The molecule has 0 saturated heterocycles. The van der Waals surface area contributed by atoms with Crippen LogP contribution in [-0.2, 0) is 46.6 Å². The van der Waals surface area contributed by atoms with E-state index >= 15 is 0 Å². The van der Waals surface area contributed by atoms with E-state index in [1.807, 2.05) is 24.3 Å². The van der Waals surface area contributed by atoms with Crippen molar-refractivity contribution in [2.45, 2.75) is 138 Å². The van der Waals surface area contributed by atoms with Crippen molar-refractivity contribution >= 4 is 58.1 Å². The minimum Gasteiger partial charge on any atom is -0.469 e. The van der Waals surface area contributed by atoms with Crippen LogP contribution in [0.15, 0.2) is 42.5 Å². The van der Waals surface area contributed by atoms with Gasteiger partial charge >= 0.3 is 5.97 Å². The fraction of sp³-hybridized carbons (Fsp3) is 0.608. The minimum absolute atomic E-state index is 0.123. The molecule has 28 nitrogen and oxygen atoms in total. The molecule has 0 unspecified atom stereocenters. The van der Waals surface area contributed by atoms with Crippen LogP contribution in [0.1, 0.15) is 79.5 Å². The van der Waals surface area contributed by atoms with Crippen molar-refractivity contribution in [1.29, 1.82) is 0 Å². The summed E-state index contributed by atoms with van der Waals surface area (Å²) in [5, 5.41) is 113. The predicted molar refractivity (Wildman–Crippen MR) is 281 cm³/mol. The number of unbranched alkanes of at least 4 members (excludes halogenated alkanes) is 3. The Morgan fingerprint density at radius 1 is 0.759 bits per heavy atom. The maximum Gasteiger partial charge on any atom is 0.308 e. The number of ether oxygens (including phenoxy) is 1. The van der Waals surface area contributed by atoms with Crippen LogP contribution in [0.3, 0.4) is 0 Å². The second-order valence-electron chi connectivity index (χ2n) is 19.4. The van der Waals surface area contributed by atoms with Crippen molar-refractivity contribution in [1.82, 2.24) is 46.4 Å². The molecule has 0 radical (unpaired) electrons. The summed E-state index contributed by atoms with van der Waals surface area (Å²) in [5.74, 6) is -3.45. The molecule has 2 aromatic carbocycles. The molecular weight excluding hydrogens is 1040 g/mol. The van der Waals surface area contributed by atoms with E-state index in [0.717, 1.165) is 11.0 Å². The van der Waals surface area contributed by atoms with Crippen LogP contribution in [0.4, 0.5) is 5.69 Å². The number of nitrogens with one attached hydrogen (secondary N) is 7. The number of hydrogen-bond acceptors (Lipinski definition) is 21. The molecule has 28 heteroatoms. The molecule has 0 bridgehead atoms. The first-order valence-electron chi connectivity index (χ1n) is 26.0. The molecule has 2 heterocycles. The third-order valence-electron chi connectivity index (χ3n) is 13.4. The Morgan fingerprint density at radius 3 is 1.92 bits per heavy atom. The summed E-state index contributed by atoms with van der Waals surface area (Å²) >= 11 is 0. The number of methoxy groups -OCH3 is 1. The number of amides is 6. The number of H-pyrrole nitrogens is 1. The van der Waals surface area contributed by atoms with Crippen LogP contribution in [-0.4, -0.2) is 240 Å². The number of carbonyl (C=O) groups is 7. The molecule has 6 amide bonds. The fourth-order valence-electron chi connectivity index (χ4n) is 8.52. The van der Waals surface area contributed by atoms with Gasteiger partial charge in [-0.1, -0.05) is 25.0 Å². The average Bonchev–Trinajstić information content (AvgIpc) is 3.88. The molecular formula is C51H78N10O18. The summed E-state index contributed by atoms with van der Waals surface area (Å²) in [7, 11) is 4.30. The van der Waals surface area contributed by atoms with Gasteiger partial charge in [-0.2, -0.15) is 0 Å². The normalized spacial score (nSPS) is 17.3. The van der Waals surface area contributed by atoms with Gasteiger partial charge in [-0.15, -0.1) is 0 Å². The number of rotatable bonds is 34. The number of anilines is 1. The minimum atomic E-state index is -1.95. The number of aromatic amines is 1. The highest BCUT2D eigenvalue weighted by Gasteiger charge is 2.34. The van der Waals surface area contributed by atoms with Crippen LogP contribution in [0.5, 0.6) is 0 Å². The Bertz CT molecular complexity index is 2430. The van der Waals surface area contributed by atoms with E-state index in [-0.39, 0.29) is 63.7 Å². The van der Waals surface area contributed by atoms with Crippen LogP contribution in [0.2, 0.25) is 0 Å². The number of nitrogens with zero attached hydrogens (tertiary/aromatic N) is 3. The number of aliphatic hydroxyl groups excluding tert-OH is 10. The number of benzene rings is 2. The Labute approximate surface area is 455 Å². The highest BCUT2D eigenvalue weighted by molar-refractivity contribution is 5.96. The lowest BCUT2D eigenvalue weighted by Crippen LogP contribution is -2.53. The van der Waals surface area contributed by atoms with E-state index in [2.05, 4.69) is 41.9 Å². The molecule has 3 aromatic rings. The number of likely N-dealkylation sites (N-methyl/N-ethyl adjacent to an activating group) is 1. The molecule has 1 aliphatic heterocycles. The molecule has 0 fully saturated rings. The number of aliphatic hydroxyl groups is 10. The predicted octanol–water partition coefficient (Wildman–Crippen LogP) is -5.07. The molecule has 1 aromatic heterocycles. The Hall–Kier alpha value is -6.44. The molecule has 1 aliphatic rings.